The highest BCUT2D eigenvalue weighted by Crippen LogP contribution is 2.21. The van der Waals surface area contributed by atoms with Crippen LogP contribution in [0.5, 0.6) is 5.75 Å². The number of nitrogens with zero attached hydrogens (tertiary/aromatic N) is 2. The number of amides is 1. The molecular weight excluding hydrogens is 322 g/mol. The van der Waals surface area contributed by atoms with Crippen LogP contribution in [-0.4, -0.2) is 41.4 Å². The summed E-state index contributed by atoms with van der Waals surface area (Å²) in [6.45, 7) is 1.75. The fourth-order valence-corrected chi connectivity index (χ4v) is 3.14. The molecule has 1 aromatic heterocycles. The van der Waals surface area contributed by atoms with E-state index in [2.05, 4.69) is 5.43 Å². The van der Waals surface area contributed by atoms with E-state index in [0.29, 0.717) is 25.5 Å². The number of fused-ring (bicyclic) bond motifs is 2. The molecular formula is C18H19N3O4. The number of ether oxygens (including phenoxy) is 2. The molecule has 130 valence electrons. The minimum atomic E-state index is -0.244. The third kappa shape index (κ3) is 3.10. The van der Waals surface area contributed by atoms with Crippen molar-refractivity contribution in [2.45, 2.75) is 19.2 Å². The molecule has 4 rings (SSSR count). The van der Waals surface area contributed by atoms with Crippen LogP contribution in [0.4, 0.5) is 0 Å². The molecule has 7 nitrogen and oxygen atoms in total. The molecule has 1 N–H and O–H groups in total. The van der Waals surface area contributed by atoms with Gasteiger partial charge in [0.15, 0.2) is 5.75 Å². The fourth-order valence-electron chi connectivity index (χ4n) is 3.14. The molecule has 0 radical (unpaired) electrons. The van der Waals surface area contributed by atoms with Gasteiger partial charge in [0.2, 0.25) is 11.3 Å². The van der Waals surface area contributed by atoms with Crippen LogP contribution in [0, 0.1) is 0 Å². The summed E-state index contributed by atoms with van der Waals surface area (Å²) in [6.07, 6.45) is 1.51. The monoisotopic (exact) mass is 341 g/mol. The highest BCUT2D eigenvalue weighted by atomic mass is 16.5. The Morgan fingerprint density at radius 1 is 1.20 bits per heavy atom. The summed E-state index contributed by atoms with van der Waals surface area (Å²) in [5.74, 6) is 0.176. The minimum Gasteiger partial charge on any atom is -0.483 e. The van der Waals surface area contributed by atoms with E-state index in [1.807, 2.05) is 30.3 Å². The van der Waals surface area contributed by atoms with Gasteiger partial charge in [-0.2, -0.15) is 0 Å². The Hall–Kier alpha value is -2.80. The molecule has 0 saturated carbocycles. The van der Waals surface area contributed by atoms with Gasteiger partial charge in [-0.05, 0) is 5.56 Å². The van der Waals surface area contributed by atoms with Gasteiger partial charge >= 0.3 is 0 Å². The zero-order valence-electron chi connectivity index (χ0n) is 13.7. The summed E-state index contributed by atoms with van der Waals surface area (Å²) in [7, 11) is 0. The summed E-state index contributed by atoms with van der Waals surface area (Å²) < 4.78 is 13.0. The second-order valence-electron chi connectivity index (χ2n) is 6.08. The molecule has 0 spiro atoms. The Morgan fingerprint density at radius 3 is 2.88 bits per heavy atom. The van der Waals surface area contributed by atoms with Gasteiger partial charge in [-0.25, -0.2) is 0 Å². The topological polar surface area (TPSA) is 72.8 Å². The summed E-state index contributed by atoms with van der Waals surface area (Å²) in [5, 5.41) is 0. The zero-order valence-corrected chi connectivity index (χ0v) is 13.7. The Morgan fingerprint density at radius 2 is 2.04 bits per heavy atom. The first kappa shape index (κ1) is 15.7. The van der Waals surface area contributed by atoms with Gasteiger partial charge in [-0.3, -0.25) is 14.3 Å². The Bertz CT molecular complexity index is 834. The van der Waals surface area contributed by atoms with Gasteiger partial charge in [-0.1, -0.05) is 30.3 Å². The van der Waals surface area contributed by atoms with Crippen LogP contribution in [0.1, 0.15) is 11.3 Å². The molecule has 1 unspecified atom stereocenters. The van der Waals surface area contributed by atoms with Gasteiger partial charge in [0.25, 0.3) is 0 Å². The third-order valence-corrected chi connectivity index (χ3v) is 4.43. The molecule has 1 saturated heterocycles. The molecule has 0 aliphatic carbocycles. The van der Waals surface area contributed by atoms with E-state index in [0.717, 1.165) is 5.56 Å². The molecule has 1 fully saturated rings. The van der Waals surface area contributed by atoms with E-state index in [-0.39, 0.29) is 36.3 Å². The molecule has 2 aliphatic heterocycles. The maximum Gasteiger partial charge on any atom is 0.230 e. The van der Waals surface area contributed by atoms with Crippen molar-refractivity contribution >= 4 is 5.91 Å². The number of pyridine rings is 1. The predicted octanol–water partition coefficient (Wildman–Crippen LogP) is 0.712. The molecule has 1 atom stereocenters. The number of carbonyl (C=O) groups excluding carboxylic acids is 1. The molecule has 2 aromatic rings. The van der Waals surface area contributed by atoms with Crippen LogP contribution >= 0.6 is 0 Å². The van der Waals surface area contributed by atoms with Crippen molar-refractivity contribution in [3.05, 3.63) is 64.1 Å². The van der Waals surface area contributed by atoms with Crippen LogP contribution in [-0.2, 0) is 22.6 Å². The number of benzene rings is 1. The van der Waals surface area contributed by atoms with Gasteiger partial charge in [0, 0.05) is 18.8 Å². The SMILES string of the molecule is O=C1Cc2c(OCc3ccccc3)c(=O)ccn2NC2COCCN12. The van der Waals surface area contributed by atoms with Crippen LogP contribution in [0.15, 0.2) is 47.4 Å². The molecule has 25 heavy (non-hydrogen) atoms. The van der Waals surface area contributed by atoms with E-state index in [1.54, 1.807) is 15.8 Å². The summed E-state index contributed by atoms with van der Waals surface area (Å²) in [6, 6.07) is 11.1. The predicted molar refractivity (Wildman–Crippen MR) is 90.9 cm³/mol. The summed E-state index contributed by atoms with van der Waals surface area (Å²) in [4.78, 5) is 26.7. The Balaban J connectivity index is 1.65. The van der Waals surface area contributed by atoms with Crippen molar-refractivity contribution in [3.63, 3.8) is 0 Å². The lowest BCUT2D eigenvalue weighted by molar-refractivity contribution is -0.137. The smallest absolute Gasteiger partial charge is 0.230 e. The van der Waals surface area contributed by atoms with Gasteiger partial charge in [0.05, 0.1) is 25.3 Å². The number of rotatable bonds is 3. The molecule has 1 amide bonds. The van der Waals surface area contributed by atoms with Crippen LogP contribution in [0.3, 0.4) is 0 Å². The van der Waals surface area contributed by atoms with Crippen molar-refractivity contribution in [1.82, 2.24) is 9.58 Å². The van der Waals surface area contributed by atoms with E-state index >= 15 is 0 Å². The number of aromatic nitrogens is 1. The number of hydrogen-bond acceptors (Lipinski definition) is 5. The average molecular weight is 341 g/mol. The Kier molecular flexibility index (Phi) is 4.15. The lowest BCUT2D eigenvalue weighted by Crippen LogP contribution is -2.53. The molecule has 2 aliphatic rings. The lowest BCUT2D eigenvalue weighted by Gasteiger charge is -2.34. The summed E-state index contributed by atoms with van der Waals surface area (Å²) >= 11 is 0. The average Bonchev–Trinajstić information content (AvgIpc) is 2.78. The molecule has 0 bridgehead atoms. The highest BCUT2D eigenvalue weighted by Gasteiger charge is 2.32. The number of morpholine rings is 1. The fraction of sp³-hybridized carbons (Fsp3) is 0.333. The largest absolute Gasteiger partial charge is 0.483 e. The van der Waals surface area contributed by atoms with Crippen molar-refractivity contribution < 1.29 is 14.3 Å². The van der Waals surface area contributed by atoms with Crippen molar-refractivity contribution in [1.29, 1.82) is 0 Å². The summed E-state index contributed by atoms with van der Waals surface area (Å²) in [5.41, 5.74) is 4.51. The van der Waals surface area contributed by atoms with E-state index in [4.69, 9.17) is 9.47 Å². The minimum absolute atomic E-state index is 0.0396. The van der Waals surface area contributed by atoms with E-state index < -0.39 is 0 Å². The third-order valence-electron chi connectivity index (χ3n) is 4.43. The quantitative estimate of drug-likeness (QED) is 0.890. The van der Waals surface area contributed by atoms with Gasteiger partial charge < -0.3 is 19.8 Å². The normalized spacial score (nSPS) is 19.4. The first-order valence-electron chi connectivity index (χ1n) is 8.27. The standard InChI is InChI=1S/C18H19N3O4/c22-15-6-7-21-14(18(15)25-11-13-4-2-1-3-5-13)10-17(23)20-8-9-24-12-16(20)19-21/h1-7,16,19H,8-12H2. The number of nitrogens with one attached hydrogen (secondary N) is 1. The van der Waals surface area contributed by atoms with Gasteiger partial charge in [-0.15, -0.1) is 0 Å². The van der Waals surface area contributed by atoms with Crippen LogP contribution in [0.25, 0.3) is 0 Å². The first-order chi connectivity index (χ1) is 12.2. The van der Waals surface area contributed by atoms with Crippen LogP contribution in [0.2, 0.25) is 0 Å². The Labute approximate surface area is 144 Å². The molecule has 7 heteroatoms. The lowest BCUT2D eigenvalue weighted by atomic mass is 10.2. The number of hydrogen-bond donors (Lipinski definition) is 1. The second kappa shape index (κ2) is 6.60. The highest BCUT2D eigenvalue weighted by molar-refractivity contribution is 5.80. The van der Waals surface area contributed by atoms with Crippen LogP contribution < -0.4 is 15.6 Å². The number of carbonyl (C=O) groups is 1. The van der Waals surface area contributed by atoms with E-state index in [9.17, 15) is 9.59 Å². The van der Waals surface area contributed by atoms with Gasteiger partial charge in [0.1, 0.15) is 12.8 Å². The van der Waals surface area contributed by atoms with Crippen molar-refractivity contribution in [2.75, 3.05) is 25.2 Å². The first-order valence-corrected chi connectivity index (χ1v) is 8.27. The molecule has 3 heterocycles. The van der Waals surface area contributed by atoms with Crippen molar-refractivity contribution in [2.24, 2.45) is 0 Å². The van der Waals surface area contributed by atoms with Crippen molar-refractivity contribution in [3.8, 4) is 5.75 Å². The molecule has 1 aromatic carbocycles. The maximum absolute atomic E-state index is 12.6. The zero-order chi connectivity index (χ0) is 17.2. The maximum atomic E-state index is 12.6. The van der Waals surface area contributed by atoms with E-state index in [1.165, 1.54) is 6.07 Å². The second-order valence-corrected chi connectivity index (χ2v) is 6.08.